The number of benzene rings is 2. The van der Waals surface area contributed by atoms with Gasteiger partial charge in [-0.05, 0) is 42.3 Å². The van der Waals surface area contributed by atoms with E-state index in [2.05, 4.69) is 5.32 Å². The minimum atomic E-state index is -4.61. The second-order valence-corrected chi connectivity index (χ2v) is 8.34. The number of sulfonamides is 1. The summed E-state index contributed by atoms with van der Waals surface area (Å²) in [6.45, 7) is 1.33. The lowest BCUT2D eigenvalue weighted by atomic mass is 10.1. The third kappa shape index (κ3) is 5.62. The van der Waals surface area contributed by atoms with Gasteiger partial charge in [0.25, 0.3) is 0 Å². The first-order valence-electron chi connectivity index (χ1n) is 8.15. The molecular weight excluding hydrogens is 417 g/mol. The summed E-state index contributed by atoms with van der Waals surface area (Å²) in [4.78, 5) is 12.3. The Bertz CT molecular complexity index is 961. The summed E-state index contributed by atoms with van der Waals surface area (Å²) in [5, 5.41) is 2.14. The highest BCUT2D eigenvalue weighted by Crippen LogP contribution is 2.33. The van der Waals surface area contributed by atoms with E-state index in [1.165, 1.54) is 0 Å². The number of nitrogens with one attached hydrogen (secondary N) is 1. The lowest BCUT2D eigenvalue weighted by molar-refractivity contribution is -0.137. The summed E-state index contributed by atoms with van der Waals surface area (Å²) < 4.78 is 63.6. The van der Waals surface area contributed by atoms with Crippen LogP contribution in [0.4, 0.5) is 24.5 Å². The molecule has 0 radical (unpaired) electrons. The van der Waals surface area contributed by atoms with Crippen LogP contribution in [0.3, 0.4) is 0 Å². The Kier molecular flexibility index (Phi) is 6.61. The summed E-state index contributed by atoms with van der Waals surface area (Å²) in [7, 11) is -3.81. The van der Waals surface area contributed by atoms with E-state index in [0.29, 0.717) is 6.07 Å². The van der Waals surface area contributed by atoms with Gasteiger partial charge >= 0.3 is 6.18 Å². The maximum absolute atomic E-state index is 12.8. The fourth-order valence-electron chi connectivity index (χ4n) is 2.42. The van der Waals surface area contributed by atoms with Gasteiger partial charge in [0.1, 0.15) is 6.54 Å². The highest BCUT2D eigenvalue weighted by Gasteiger charge is 2.31. The molecule has 2 aromatic carbocycles. The van der Waals surface area contributed by atoms with Gasteiger partial charge < -0.3 is 5.32 Å². The molecule has 0 aliphatic rings. The molecule has 1 amide bonds. The number of halogens is 4. The molecule has 5 nitrogen and oxygen atoms in total. The molecule has 1 N–H and O–H groups in total. The summed E-state index contributed by atoms with van der Waals surface area (Å²) in [5.41, 5.74) is 0.0148. The molecule has 0 aliphatic heterocycles. The Balaban J connectivity index is 2.25. The van der Waals surface area contributed by atoms with E-state index in [4.69, 9.17) is 11.6 Å². The highest BCUT2D eigenvalue weighted by molar-refractivity contribution is 7.92. The SMILES string of the molecule is CCc1ccc(N(CC(=O)Nc2cc(C(F)(F)F)ccc2Cl)S(C)(=O)=O)cc1. The molecule has 0 aromatic heterocycles. The minimum absolute atomic E-state index is 0.0976. The van der Waals surface area contributed by atoms with E-state index >= 15 is 0 Å². The molecule has 0 aliphatic carbocycles. The standard InChI is InChI=1S/C18H18ClF3N2O3S/c1-3-12-4-7-14(8-5-12)24(28(2,26)27)11-17(25)23-16-10-13(18(20,21)22)6-9-15(16)19/h4-10H,3,11H2,1-2H3,(H,23,25). The van der Waals surface area contributed by atoms with Crippen LogP contribution in [0.25, 0.3) is 0 Å². The van der Waals surface area contributed by atoms with Gasteiger partial charge in [0.2, 0.25) is 15.9 Å². The van der Waals surface area contributed by atoms with Gasteiger partial charge in [-0.3, -0.25) is 9.10 Å². The molecule has 0 heterocycles. The van der Waals surface area contributed by atoms with Crippen molar-refractivity contribution in [2.24, 2.45) is 0 Å². The molecule has 10 heteroatoms. The van der Waals surface area contributed by atoms with Gasteiger partial charge in [0, 0.05) is 0 Å². The first kappa shape index (κ1) is 22.0. The van der Waals surface area contributed by atoms with Crippen LogP contribution in [0.5, 0.6) is 0 Å². The summed E-state index contributed by atoms with van der Waals surface area (Å²) >= 11 is 5.85. The third-order valence-electron chi connectivity index (χ3n) is 3.89. The number of nitrogens with zero attached hydrogens (tertiary/aromatic N) is 1. The molecule has 0 fully saturated rings. The van der Waals surface area contributed by atoms with E-state index in [0.717, 1.165) is 34.7 Å². The van der Waals surface area contributed by atoms with Gasteiger partial charge in [-0.1, -0.05) is 30.7 Å². The largest absolute Gasteiger partial charge is 0.416 e. The van der Waals surface area contributed by atoms with Crippen LogP contribution in [0.15, 0.2) is 42.5 Å². The number of alkyl halides is 3. The van der Waals surface area contributed by atoms with E-state index in [-0.39, 0.29) is 16.4 Å². The van der Waals surface area contributed by atoms with Crippen LogP contribution in [-0.2, 0) is 27.4 Å². The molecule has 2 rings (SSSR count). The molecule has 0 unspecified atom stereocenters. The van der Waals surface area contributed by atoms with Gasteiger partial charge in [0.05, 0.1) is 28.2 Å². The van der Waals surface area contributed by atoms with Crippen molar-refractivity contribution in [2.45, 2.75) is 19.5 Å². The molecule has 0 spiro atoms. The van der Waals surface area contributed by atoms with E-state index in [1.807, 2.05) is 6.92 Å². The van der Waals surface area contributed by atoms with E-state index < -0.39 is 34.2 Å². The van der Waals surface area contributed by atoms with Crippen molar-refractivity contribution in [3.8, 4) is 0 Å². The van der Waals surface area contributed by atoms with Crippen molar-refractivity contribution in [1.29, 1.82) is 0 Å². The second-order valence-electron chi connectivity index (χ2n) is 6.03. The maximum Gasteiger partial charge on any atom is 0.416 e. The smallest absolute Gasteiger partial charge is 0.323 e. The minimum Gasteiger partial charge on any atom is -0.323 e. The summed E-state index contributed by atoms with van der Waals surface area (Å²) in [6, 6.07) is 9.08. The molecule has 0 saturated heterocycles. The van der Waals surface area contributed by atoms with Crippen molar-refractivity contribution >= 4 is 38.9 Å². The molecular formula is C18H18ClF3N2O3S. The van der Waals surface area contributed by atoms with Crippen molar-refractivity contribution in [3.63, 3.8) is 0 Å². The number of rotatable bonds is 6. The zero-order chi connectivity index (χ0) is 21.1. The second kappa shape index (κ2) is 8.40. The maximum atomic E-state index is 12.8. The van der Waals surface area contributed by atoms with Crippen LogP contribution in [0, 0.1) is 0 Å². The number of hydrogen-bond donors (Lipinski definition) is 1. The quantitative estimate of drug-likeness (QED) is 0.736. The zero-order valence-electron chi connectivity index (χ0n) is 15.0. The Morgan fingerprint density at radius 2 is 1.75 bits per heavy atom. The Labute approximate surface area is 166 Å². The molecule has 0 bridgehead atoms. The average molecular weight is 435 g/mol. The topological polar surface area (TPSA) is 66.5 Å². The number of carbonyl (C=O) groups excluding carboxylic acids is 1. The average Bonchev–Trinajstić information content (AvgIpc) is 2.60. The number of amides is 1. The molecule has 152 valence electrons. The van der Waals surface area contributed by atoms with Gasteiger partial charge in [-0.15, -0.1) is 0 Å². The number of anilines is 2. The zero-order valence-corrected chi connectivity index (χ0v) is 16.6. The monoisotopic (exact) mass is 434 g/mol. The van der Waals surface area contributed by atoms with Gasteiger partial charge in [-0.25, -0.2) is 8.42 Å². The fourth-order valence-corrected chi connectivity index (χ4v) is 3.44. The van der Waals surface area contributed by atoms with Gasteiger partial charge in [0.15, 0.2) is 0 Å². The molecule has 0 saturated carbocycles. The first-order valence-corrected chi connectivity index (χ1v) is 10.4. The first-order chi connectivity index (χ1) is 12.9. The third-order valence-corrected chi connectivity index (χ3v) is 5.36. The molecule has 2 aromatic rings. The van der Waals surface area contributed by atoms with Crippen LogP contribution in [0.2, 0.25) is 5.02 Å². The van der Waals surface area contributed by atoms with Crippen LogP contribution in [0.1, 0.15) is 18.1 Å². The Morgan fingerprint density at radius 1 is 1.14 bits per heavy atom. The Morgan fingerprint density at radius 3 is 2.25 bits per heavy atom. The lowest BCUT2D eigenvalue weighted by Gasteiger charge is -2.22. The summed E-state index contributed by atoms with van der Waals surface area (Å²) in [5.74, 6) is -0.828. The highest BCUT2D eigenvalue weighted by atomic mass is 35.5. The number of hydrogen-bond acceptors (Lipinski definition) is 3. The van der Waals surface area contributed by atoms with Crippen LogP contribution in [-0.4, -0.2) is 27.1 Å². The Hall–Kier alpha value is -2.26. The van der Waals surface area contributed by atoms with Crippen LogP contribution < -0.4 is 9.62 Å². The summed E-state index contributed by atoms with van der Waals surface area (Å²) in [6.07, 6.45) is -2.91. The number of aryl methyl sites for hydroxylation is 1. The molecule has 0 atom stereocenters. The normalized spacial score (nSPS) is 11.9. The van der Waals surface area contributed by atoms with Crippen molar-refractivity contribution in [3.05, 3.63) is 58.6 Å². The lowest BCUT2D eigenvalue weighted by Crippen LogP contribution is -2.37. The van der Waals surface area contributed by atoms with Gasteiger partial charge in [-0.2, -0.15) is 13.2 Å². The van der Waals surface area contributed by atoms with Crippen molar-refractivity contribution in [1.82, 2.24) is 0 Å². The van der Waals surface area contributed by atoms with E-state index in [1.54, 1.807) is 24.3 Å². The van der Waals surface area contributed by atoms with Crippen LogP contribution >= 0.6 is 11.6 Å². The van der Waals surface area contributed by atoms with E-state index in [9.17, 15) is 26.4 Å². The predicted molar refractivity (Wildman–Crippen MR) is 103 cm³/mol. The molecule has 28 heavy (non-hydrogen) atoms. The van der Waals surface area contributed by atoms with Crippen molar-refractivity contribution in [2.75, 3.05) is 22.4 Å². The fraction of sp³-hybridized carbons (Fsp3) is 0.278. The predicted octanol–water partition coefficient (Wildman–Crippen LogP) is 4.33. The number of carbonyl (C=O) groups is 1. The van der Waals surface area contributed by atoms with Crippen molar-refractivity contribution < 1.29 is 26.4 Å².